The van der Waals surface area contributed by atoms with Gasteiger partial charge in [-0.05, 0) is 20.0 Å². The number of nitrogens with one attached hydrogen (secondary N) is 1. The molecule has 0 fully saturated rings. The Labute approximate surface area is 85.6 Å². The molecular formula is C12H17NO. The molecule has 76 valence electrons. The molecule has 0 bridgehead atoms. The topological polar surface area (TPSA) is 21.3 Å². The maximum Gasteiger partial charge on any atom is 0.126 e. The van der Waals surface area contributed by atoms with Crippen LogP contribution in [-0.4, -0.2) is 20.2 Å². The SMILES string of the molecule is CC=Cc1ccccc1OCCNC. The summed E-state index contributed by atoms with van der Waals surface area (Å²) in [5, 5.41) is 3.05. The molecule has 1 aromatic rings. The Bertz CT molecular complexity index is 294. The summed E-state index contributed by atoms with van der Waals surface area (Å²) in [5.41, 5.74) is 1.13. The Hall–Kier alpha value is -1.28. The van der Waals surface area contributed by atoms with Crippen molar-refractivity contribution in [3.05, 3.63) is 35.9 Å². The van der Waals surface area contributed by atoms with Gasteiger partial charge in [0.2, 0.25) is 0 Å². The highest BCUT2D eigenvalue weighted by atomic mass is 16.5. The van der Waals surface area contributed by atoms with Crippen LogP contribution in [0.3, 0.4) is 0 Å². The lowest BCUT2D eigenvalue weighted by Gasteiger charge is -2.08. The molecule has 0 heterocycles. The van der Waals surface area contributed by atoms with Crippen LogP contribution in [0.25, 0.3) is 6.08 Å². The summed E-state index contributed by atoms with van der Waals surface area (Å²) in [6.07, 6.45) is 4.06. The van der Waals surface area contributed by atoms with Gasteiger partial charge in [-0.15, -0.1) is 0 Å². The molecule has 0 amide bonds. The van der Waals surface area contributed by atoms with Gasteiger partial charge in [0.05, 0.1) is 0 Å². The molecule has 0 unspecified atom stereocenters. The van der Waals surface area contributed by atoms with E-state index in [4.69, 9.17) is 4.74 Å². The number of allylic oxidation sites excluding steroid dienone is 1. The van der Waals surface area contributed by atoms with Gasteiger partial charge in [0.15, 0.2) is 0 Å². The molecule has 1 aromatic carbocycles. The van der Waals surface area contributed by atoms with Gasteiger partial charge in [-0.2, -0.15) is 0 Å². The Morgan fingerprint density at radius 2 is 2.14 bits per heavy atom. The lowest BCUT2D eigenvalue weighted by molar-refractivity contribution is 0.318. The Balaban J connectivity index is 2.64. The zero-order chi connectivity index (χ0) is 10.2. The average molecular weight is 191 g/mol. The number of likely N-dealkylation sites (N-methyl/N-ethyl adjacent to an activating group) is 1. The molecule has 0 saturated heterocycles. The zero-order valence-corrected chi connectivity index (χ0v) is 8.79. The van der Waals surface area contributed by atoms with E-state index in [2.05, 4.69) is 17.5 Å². The molecule has 0 atom stereocenters. The van der Waals surface area contributed by atoms with Crippen LogP contribution in [0.1, 0.15) is 12.5 Å². The second-order valence-corrected chi connectivity index (χ2v) is 2.99. The van der Waals surface area contributed by atoms with Gasteiger partial charge in [-0.3, -0.25) is 0 Å². The van der Waals surface area contributed by atoms with Crippen LogP contribution in [0, 0.1) is 0 Å². The molecule has 2 heteroatoms. The number of ether oxygens (including phenoxy) is 1. The summed E-state index contributed by atoms with van der Waals surface area (Å²) >= 11 is 0. The molecule has 0 aliphatic rings. The standard InChI is InChI=1S/C12H17NO/c1-3-6-11-7-4-5-8-12(11)14-10-9-13-2/h3-8,13H,9-10H2,1-2H3. The molecule has 0 saturated carbocycles. The summed E-state index contributed by atoms with van der Waals surface area (Å²) in [4.78, 5) is 0. The second-order valence-electron chi connectivity index (χ2n) is 2.99. The number of rotatable bonds is 5. The molecule has 0 spiro atoms. The second kappa shape index (κ2) is 6.22. The van der Waals surface area contributed by atoms with Crippen LogP contribution in [0.2, 0.25) is 0 Å². The fourth-order valence-electron chi connectivity index (χ4n) is 1.19. The first kappa shape index (κ1) is 10.8. The molecule has 0 radical (unpaired) electrons. The summed E-state index contributed by atoms with van der Waals surface area (Å²) in [7, 11) is 1.92. The van der Waals surface area contributed by atoms with E-state index < -0.39 is 0 Å². The summed E-state index contributed by atoms with van der Waals surface area (Å²) in [6, 6.07) is 8.04. The maximum absolute atomic E-state index is 5.62. The highest BCUT2D eigenvalue weighted by Crippen LogP contribution is 2.18. The molecule has 14 heavy (non-hydrogen) atoms. The molecule has 1 rings (SSSR count). The van der Waals surface area contributed by atoms with Gasteiger partial charge in [0.25, 0.3) is 0 Å². The van der Waals surface area contributed by atoms with Crippen LogP contribution >= 0.6 is 0 Å². The van der Waals surface area contributed by atoms with Crippen molar-refractivity contribution in [3.63, 3.8) is 0 Å². The fourth-order valence-corrected chi connectivity index (χ4v) is 1.19. The minimum atomic E-state index is 0.699. The smallest absolute Gasteiger partial charge is 0.126 e. The van der Waals surface area contributed by atoms with Crippen LogP contribution in [0.15, 0.2) is 30.3 Å². The Morgan fingerprint density at radius 3 is 2.86 bits per heavy atom. The highest BCUT2D eigenvalue weighted by molar-refractivity contribution is 5.56. The van der Waals surface area contributed by atoms with E-state index in [1.165, 1.54) is 0 Å². The molecule has 0 aromatic heterocycles. The molecule has 0 aliphatic carbocycles. The van der Waals surface area contributed by atoms with Crippen molar-refractivity contribution < 1.29 is 4.74 Å². The normalized spacial score (nSPS) is 10.7. The van der Waals surface area contributed by atoms with E-state index in [0.717, 1.165) is 17.9 Å². The summed E-state index contributed by atoms with van der Waals surface area (Å²) < 4.78 is 5.62. The van der Waals surface area contributed by atoms with Crippen LogP contribution < -0.4 is 10.1 Å². The first-order valence-corrected chi connectivity index (χ1v) is 4.87. The third kappa shape index (κ3) is 3.23. The zero-order valence-electron chi connectivity index (χ0n) is 8.79. The van der Waals surface area contributed by atoms with Crippen molar-refractivity contribution in [3.8, 4) is 5.75 Å². The molecule has 0 aliphatic heterocycles. The van der Waals surface area contributed by atoms with Gasteiger partial charge in [0, 0.05) is 12.1 Å². The molecule has 2 nitrogen and oxygen atoms in total. The van der Waals surface area contributed by atoms with E-state index in [-0.39, 0.29) is 0 Å². The van der Waals surface area contributed by atoms with E-state index in [9.17, 15) is 0 Å². The number of para-hydroxylation sites is 1. The third-order valence-electron chi connectivity index (χ3n) is 1.87. The molecule has 1 N–H and O–H groups in total. The Morgan fingerprint density at radius 1 is 1.36 bits per heavy atom. The van der Waals surface area contributed by atoms with Crippen LogP contribution in [0.4, 0.5) is 0 Å². The first-order valence-electron chi connectivity index (χ1n) is 4.87. The van der Waals surface area contributed by atoms with E-state index in [1.54, 1.807) is 0 Å². The summed E-state index contributed by atoms with van der Waals surface area (Å²) in [5.74, 6) is 0.945. The third-order valence-corrected chi connectivity index (χ3v) is 1.87. The van der Waals surface area contributed by atoms with Crippen LogP contribution in [-0.2, 0) is 0 Å². The average Bonchev–Trinajstić information content (AvgIpc) is 2.21. The van der Waals surface area contributed by atoms with Gasteiger partial charge in [-0.25, -0.2) is 0 Å². The maximum atomic E-state index is 5.62. The first-order chi connectivity index (χ1) is 6.88. The predicted octanol–water partition coefficient (Wildman–Crippen LogP) is 2.32. The number of benzene rings is 1. The quantitative estimate of drug-likeness (QED) is 0.721. The van der Waals surface area contributed by atoms with Crippen molar-refractivity contribution in [2.75, 3.05) is 20.2 Å². The van der Waals surface area contributed by atoms with E-state index in [1.807, 2.05) is 38.2 Å². The predicted molar refractivity (Wildman–Crippen MR) is 60.6 cm³/mol. The lowest BCUT2D eigenvalue weighted by Crippen LogP contribution is -2.16. The van der Waals surface area contributed by atoms with Crippen molar-refractivity contribution in [1.29, 1.82) is 0 Å². The van der Waals surface area contributed by atoms with Gasteiger partial charge < -0.3 is 10.1 Å². The van der Waals surface area contributed by atoms with Crippen molar-refractivity contribution in [2.24, 2.45) is 0 Å². The minimum Gasteiger partial charge on any atom is -0.492 e. The van der Waals surface area contributed by atoms with Gasteiger partial charge in [0.1, 0.15) is 12.4 Å². The van der Waals surface area contributed by atoms with Gasteiger partial charge >= 0.3 is 0 Å². The largest absolute Gasteiger partial charge is 0.492 e. The number of hydrogen-bond acceptors (Lipinski definition) is 2. The molecular weight excluding hydrogens is 174 g/mol. The summed E-state index contributed by atoms with van der Waals surface area (Å²) in [6.45, 7) is 3.57. The van der Waals surface area contributed by atoms with Crippen LogP contribution in [0.5, 0.6) is 5.75 Å². The Kier molecular flexibility index (Phi) is 4.79. The van der Waals surface area contributed by atoms with Crippen molar-refractivity contribution >= 4 is 6.08 Å². The fraction of sp³-hybridized carbons (Fsp3) is 0.333. The number of hydrogen-bond donors (Lipinski definition) is 1. The lowest BCUT2D eigenvalue weighted by atomic mass is 10.2. The van der Waals surface area contributed by atoms with E-state index >= 15 is 0 Å². The monoisotopic (exact) mass is 191 g/mol. The minimum absolute atomic E-state index is 0.699. The van der Waals surface area contributed by atoms with Crippen molar-refractivity contribution in [2.45, 2.75) is 6.92 Å². The van der Waals surface area contributed by atoms with Crippen molar-refractivity contribution in [1.82, 2.24) is 5.32 Å². The van der Waals surface area contributed by atoms with Gasteiger partial charge in [-0.1, -0.05) is 30.4 Å². The van der Waals surface area contributed by atoms with E-state index in [0.29, 0.717) is 6.61 Å². The highest BCUT2D eigenvalue weighted by Gasteiger charge is 1.97.